The standard InChI is InChI=1S/2C13H9.C9H12Si.Hf/c2*1-3-7-12-10(5-1)9-11-6-2-4-8-13(11)12;1-7(2)8-3-5-9(10)6-4-8;/h2*1-5,7-8H,9H2;3-7,10H,1-2H3;/q2*-1;;+2. The molecule has 0 heterocycles. The minimum Gasteiger partial charge on any atom is -0.179 e. The van der Waals surface area contributed by atoms with Crippen LogP contribution in [0.3, 0.4) is 0 Å². The number of hydrogen-bond acceptors (Lipinski definition) is 0. The fourth-order valence-electron chi connectivity index (χ4n) is 4.97. The molecular formula is C35H30HfSi. The maximum Gasteiger partial charge on any atom is -0.0253 e. The van der Waals surface area contributed by atoms with Crippen LogP contribution in [0.25, 0.3) is 22.3 Å². The van der Waals surface area contributed by atoms with Gasteiger partial charge < -0.3 is 0 Å². The molecule has 0 unspecified atom stereocenters. The summed E-state index contributed by atoms with van der Waals surface area (Å²) in [4.78, 5) is 0. The summed E-state index contributed by atoms with van der Waals surface area (Å²) < 4.78 is 0. The first-order valence-corrected chi connectivity index (χ1v) is 20.3. The Morgan fingerprint density at radius 2 is 1.05 bits per heavy atom. The molecule has 7 rings (SSSR count). The second-order valence-electron chi connectivity index (χ2n) is 9.76. The van der Waals surface area contributed by atoms with Crippen LogP contribution in [-0.2, 0) is 35.8 Å². The monoisotopic (exact) mass is 658 g/mol. The van der Waals surface area contributed by atoms with Crippen molar-refractivity contribution in [1.82, 2.24) is 0 Å². The van der Waals surface area contributed by atoms with Gasteiger partial charge in [0.15, 0.2) is 0 Å². The van der Waals surface area contributed by atoms with Crippen LogP contribution in [0.4, 0.5) is 0 Å². The second kappa shape index (κ2) is 12.2. The van der Waals surface area contributed by atoms with Crippen LogP contribution in [0, 0.1) is 12.1 Å². The van der Waals surface area contributed by atoms with E-state index in [-0.39, 0.29) is 0 Å². The summed E-state index contributed by atoms with van der Waals surface area (Å²) in [6.07, 6.45) is 2.72. The van der Waals surface area contributed by atoms with Gasteiger partial charge in [0.05, 0.1) is 0 Å². The molecule has 2 heteroatoms. The molecule has 0 radical (unpaired) electrons. The van der Waals surface area contributed by atoms with E-state index >= 15 is 0 Å². The minimum atomic E-state index is 0.624. The van der Waals surface area contributed by atoms with Crippen molar-refractivity contribution >= 4 is 11.4 Å². The molecule has 0 amide bonds. The van der Waals surface area contributed by atoms with Crippen molar-refractivity contribution in [1.29, 1.82) is 0 Å². The van der Waals surface area contributed by atoms with E-state index in [2.05, 4.69) is 123 Å². The van der Waals surface area contributed by atoms with Gasteiger partial charge in [0.25, 0.3) is 0 Å². The Morgan fingerprint density at radius 1 is 0.595 bits per heavy atom. The quantitative estimate of drug-likeness (QED) is 0.134. The Kier molecular flexibility index (Phi) is 8.48. The van der Waals surface area contributed by atoms with Gasteiger partial charge in [-0.05, 0) is 12.8 Å². The van der Waals surface area contributed by atoms with Crippen molar-refractivity contribution in [3.63, 3.8) is 0 Å². The van der Waals surface area contributed by atoms with E-state index in [9.17, 15) is 0 Å². The van der Waals surface area contributed by atoms with Crippen LogP contribution in [0.2, 0.25) is 0 Å². The Labute approximate surface area is 237 Å². The minimum absolute atomic E-state index is 0.624. The van der Waals surface area contributed by atoms with E-state index in [1.807, 2.05) is 12.1 Å². The molecule has 5 aromatic rings. The third-order valence-corrected chi connectivity index (χ3v) is 11.3. The molecule has 0 atom stereocenters. The van der Waals surface area contributed by atoms with Crippen LogP contribution in [0.15, 0.2) is 109 Å². The molecule has 0 saturated heterocycles. The van der Waals surface area contributed by atoms with Crippen LogP contribution in [-0.4, -0.2) is 6.22 Å². The maximum atomic E-state index is 3.30. The predicted octanol–water partition coefficient (Wildman–Crippen LogP) is 7.45. The van der Waals surface area contributed by atoms with E-state index < -0.39 is 0 Å². The van der Waals surface area contributed by atoms with Gasteiger partial charge in [-0.3, -0.25) is 0 Å². The Hall–Kier alpha value is -2.81. The molecule has 0 nitrogen and oxygen atoms in total. The van der Waals surface area contributed by atoms with E-state index in [4.69, 9.17) is 0 Å². The number of hydrogen-bond donors (Lipinski definition) is 0. The summed E-state index contributed by atoms with van der Waals surface area (Å²) in [6, 6.07) is 45.3. The second-order valence-corrected chi connectivity index (χ2v) is 13.8. The normalized spacial score (nSPS) is 11.7. The Morgan fingerprint density at radius 3 is 1.51 bits per heavy atom. The van der Waals surface area contributed by atoms with Gasteiger partial charge in [0.1, 0.15) is 0 Å². The molecule has 0 fully saturated rings. The first kappa shape index (κ1) is 25.8. The zero-order valence-electron chi connectivity index (χ0n) is 21.5. The molecule has 0 spiro atoms. The molecular weight excluding hydrogens is 627 g/mol. The van der Waals surface area contributed by atoms with Crippen LogP contribution >= 0.6 is 0 Å². The largest absolute Gasteiger partial charge is 0.179 e. The summed E-state index contributed by atoms with van der Waals surface area (Å²) in [6.45, 7) is 4.48. The van der Waals surface area contributed by atoms with Gasteiger partial charge >= 0.3 is 84.0 Å². The van der Waals surface area contributed by atoms with Crippen molar-refractivity contribution in [3.8, 4) is 22.3 Å². The molecule has 2 aliphatic rings. The number of rotatable bonds is 2. The topological polar surface area (TPSA) is 0 Å². The van der Waals surface area contributed by atoms with Gasteiger partial charge in [-0.1, -0.05) is 70.8 Å². The molecule has 0 bridgehead atoms. The summed E-state index contributed by atoms with van der Waals surface area (Å²) in [5.41, 5.74) is 12.5. The van der Waals surface area contributed by atoms with Gasteiger partial charge in [0, 0.05) is 0 Å². The van der Waals surface area contributed by atoms with Crippen molar-refractivity contribution in [3.05, 3.63) is 149 Å². The third kappa shape index (κ3) is 6.03. The van der Waals surface area contributed by atoms with Crippen molar-refractivity contribution in [2.24, 2.45) is 0 Å². The molecule has 0 N–H and O–H groups in total. The Bertz CT molecular complexity index is 1340. The fourth-order valence-corrected chi connectivity index (χ4v) is 7.43. The molecule has 178 valence electrons. The number of fused-ring (bicyclic) bond motifs is 6. The average Bonchev–Trinajstić information content (AvgIpc) is 3.52. The van der Waals surface area contributed by atoms with Crippen molar-refractivity contribution in [2.45, 2.75) is 32.6 Å². The SMILES string of the molecule is CC(C)c1ccc([SiH]=[Hf+2])cc1.[c-]1cccc2c1Cc1ccccc1-2.[c-]1cccc2c1Cc1ccccc1-2. The molecule has 0 aliphatic heterocycles. The van der Waals surface area contributed by atoms with E-state index in [1.165, 1.54) is 73.1 Å². The summed E-state index contributed by atoms with van der Waals surface area (Å²) in [5, 5.41) is 1.57. The smallest absolute Gasteiger partial charge is 0.0253 e. The van der Waals surface area contributed by atoms with Crippen molar-refractivity contribution < 1.29 is 23.0 Å². The molecule has 0 saturated carbocycles. The van der Waals surface area contributed by atoms with Crippen LogP contribution in [0.1, 0.15) is 47.6 Å². The molecule has 5 aromatic carbocycles. The van der Waals surface area contributed by atoms with Gasteiger partial charge in [-0.15, -0.1) is 11.1 Å². The summed E-state index contributed by atoms with van der Waals surface area (Å²) in [5.74, 6) is 0.674. The summed E-state index contributed by atoms with van der Waals surface area (Å²) in [7, 11) is 0. The Balaban J connectivity index is 0.000000114. The van der Waals surface area contributed by atoms with E-state index in [0.29, 0.717) is 12.1 Å². The fraction of sp³-hybridized carbons (Fsp3) is 0.143. The van der Waals surface area contributed by atoms with Gasteiger partial charge in [-0.2, -0.15) is 59.7 Å². The van der Waals surface area contributed by atoms with Gasteiger partial charge in [0.2, 0.25) is 0 Å². The first-order chi connectivity index (χ1) is 18.1. The average molecular weight is 657 g/mol. The zero-order chi connectivity index (χ0) is 25.6. The van der Waals surface area contributed by atoms with Crippen molar-refractivity contribution in [2.75, 3.05) is 0 Å². The van der Waals surface area contributed by atoms with Crippen LogP contribution < -0.4 is 5.19 Å². The van der Waals surface area contributed by atoms with Gasteiger partial charge in [-0.25, -0.2) is 0 Å². The number of benzene rings is 5. The summed E-state index contributed by atoms with van der Waals surface area (Å²) >= 11 is 1.35. The first-order valence-electron chi connectivity index (χ1n) is 12.9. The molecule has 2 aliphatic carbocycles. The zero-order valence-corrected chi connectivity index (χ0v) is 26.2. The molecule has 37 heavy (non-hydrogen) atoms. The van der Waals surface area contributed by atoms with Crippen LogP contribution in [0.5, 0.6) is 0 Å². The maximum absolute atomic E-state index is 3.30. The van der Waals surface area contributed by atoms with E-state index in [0.717, 1.165) is 12.8 Å². The van der Waals surface area contributed by atoms with E-state index in [1.54, 1.807) is 5.19 Å². The third-order valence-electron chi connectivity index (χ3n) is 7.00. The predicted molar refractivity (Wildman–Crippen MR) is 154 cm³/mol. The molecule has 0 aromatic heterocycles.